The fourth-order valence-electron chi connectivity index (χ4n) is 7.25. The van der Waals surface area contributed by atoms with Crippen molar-refractivity contribution < 1.29 is 9.90 Å². The van der Waals surface area contributed by atoms with Crippen LogP contribution < -0.4 is 26.4 Å². The summed E-state index contributed by atoms with van der Waals surface area (Å²) in [4.78, 5) is 4.19. The molecule has 1 aromatic heterocycles. The zero-order chi connectivity index (χ0) is 31.3. The molecular formula is C37H26BN3O. The fraction of sp³-hybridized carbons (Fsp3) is 0.108. The smallest absolute Gasteiger partial charge is 0.297 e. The van der Waals surface area contributed by atoms with Crippen molar-refractivity contribution in [1.29, 1.82) is 5.26 Å². The van der Waals surface area contributed by atoms with Crippen LogP contribution in [0.5, 0.6) is 0 Å². The van der Waals surface area contributed by atoms with Gasteiger partial charge in [-0.2, -0.15) is 5.26 Å². The molecule has 1 aliphatic carbocycles. The molecule has 0 fully saturated rings. The van der Waals surface area contributed by atoms with Gasteiger partial charge in [0.2, 0.25) is 0 Å². The van der Waals surface area contributed by atoms with Gasteiger partial charge in [-0.3, -0.25) is 0 Å². The number of hydrogen-bond donors (Lipinski definition) is 0. The Morgan fingerprint density at radius 1 is 0.738 bits per heavy atom. The SMILES string of the molecule is [2H]c1c([2H])c(N2c3ccccc3B3c4oc5ccccc5c4N(c4cccc5c4CCCC5)c4cccc2c43)c([2H])c([2H])c1C#N. The van der Waals surface area contributed by atoms with Crippen LogP contribution in [-0.4, -0.2) is 6.71 Å². The summed E-state index contributed by atoms with van der Waals surface area (Å²) >= 11 is 0. The number of fused-ring (bicyclic) bond motifs is 7. The number of hydrogen-bond acceptors (Lipinski definition) is 4. The van der Waals surface area contributed by atoms with Gasteiger partial charge in [0, 0.05) is 33.8 Å². The van der Waals surface area contributed by atoms with Gasteiger partial charge in [-0.25, -0.2) is 0 Å². The maximum absolute atomic E-state index is 9.66. The lowest BCUT2D eigenvalue weighted by atomic mass is 9.35. The maximum atomic E-state index is 9.66. The summed E-state index contributed by atoms with van der Waals surface area (Å²) < 4.78 is 42.1. The molecule has 3 heterocycles. The van der Waals surface area contributed by atoms with Gasteiger partial charge in [0.05, 0.1) is 28.5 Å². The van der Waals surface area contributed by atoms with E-state index in [9.17, 15) is 5.26 Å². The number of nitrogens with zero attached hydrogens (tertiary/aromatic N) is 3. The lowest BCUT2D eigenvalue weighted by Crippen LogP contribution is -2.61. The van der Waals surface area contributed by atoms with Gasteiger partial charge in [-0.15, -0.1) is 0 Å². The van der Waals surface area contributed by atoms with Crippen molar-refractivity contribution in [2.45, 2.75) is 25.7 Å². The summed E-state index contributed by atoms with van der Waals surface area (Å²) in [5.74, 6) is 0. The summed E-state index contributed by atoms with van der Waals surface area (Å²) in [6, 6.07) is 29.5. The number of para-hydroxylation sites is 2. The molecule has 0 atom stereocenters. The van der Waals surface area contributed by atoms with E-state index in [4.69, 9.17) is 9.90 Å². The third-order valence-electron chi connectivity index (χ3n) is 8.96. The molecule has 198 valence electrons. The molecule has 0 unspecified atom stereocenters. The highest BCUT2D eigenvalue weighted by atomic mass is 16.3. The molecule has 0 saturated heterocycles. The van der Waals surface area contributed by atoms with Crippen molar-refractivity contribution in [2.24, 2.45) is 0 Å². The number of aryl methyl sites for hydroxylation is 1. The van der Waals surface area contributed by atoms with Crippen LogP contribution in [-0.2, 0) is 12.8 Å². The standard InChI is InChI=1S/C37H26BN3O/c39-23-24-19-21-26(22-20-24)40-31-14-5-4-13-29(31)38-35-32(40)16-8-17-33(35)41(30-15-7-10-25-9-1-2-11-27(25)30)36-28-12-3-6-18-34(28)42-37(36)38/h3-8,10,12-22H,1-2,9,11H2/i19D,20D,21D,22D. The fourth-order valence-corrected chi connectivity index (χ4v) is 7.25. The molecule has 6 aromatic rings. The number of benzene rings is 5. The second kappa shape index (κ2) is 8.90. The minimum Gasteiger partial charge on any atom is -0.468 e. The summed E-state index contributed by atoms with van der Waals surface area (Å²) in [5, 5.41) is 10.7. The van der Waals surface area contributed by atoms with Gasteiger partial charge >= 0.3 is 0 Å². The monoisotopic (exact) mass is 543 g/mol. The van der Waals surface area contributed by atoms with Gasteiger partial charge in [0.25, 0.3) is 6.71 Å². The Morgan fingerprint density at radius 2 is 1.45 bits per heavy atom. The quantitative estimate of drug-likeness (QED) is 0.215. The highest BCUT2D eigenvalue weighted by molar-refractivity contribution is 6.99. The van der Waals surface area contributed by atoms with Gasteiger partial charge in [-0.05, 0) is 108 Å². The van der Waals surface area contributed by atoms with Crippen molar-refractivity contribution in [3.05, 3.63) is 126 Å². The molecule has 2 aliphatic heterocycles. The molecule has 3 aliphatic rings. The van der Waals surface area contributed by atoms with Gasteiger partial charge < -0.3 is 14.2 Å². The Kier molecular flexibility index (Phi) is 4.19. The lowest BCUT2D eigenvalue weighted by Gasteiger charge is -2.42. The van der Waals surface area contributed by atoms with Crippen LogP contribution >= 0.6 is 0 Å². The first-order valence-corrected chi connectivity index (χ1v) is 14.4. The number of nitriles is 1. The van der Waals surface area contributed by atoms with E-state index in [1.54, 1.807) is 0 Å². The van der Waals surface area contributed by atoms with Crippen LogP contribution in [0.4, 0.5) is 34.1 Å². The van der Waals surface area contributed by atoms with E-state index >= 15 is 0 Å². The molecule has 0 N–H and O–H groups in total. The van der Waals surface area contributed by atoms with Crippen molar-refractivity contribution in [3.63, 3.8) is 0 Å². The zero-order valence-corrected chi connectivity index (χ0v) is 22.7. The van der Waals surface area contributed by atoms with Crippen LogP contribution in [0.1, 0.15) is 35.0 Å². The third kappa shape index (κ3) is 3.18. The minimum absolute atomic E-state index is 0.118. The second-order valence-electron chi connectivity index (χ2n) is 11.1. The van der Waals surface area contributed by atoms with E-state index in [-0.39, 0.29) is 42.1 Å². The van der Waals surface area contributed by atoms with Crippen molar-refractivity contribution in [1.82, 2.24) is 0 Å². The molecular weight excluding hydrogens is 513 g/mol. The summed E-state index contributed by atoms with van der Waals surface area (Å²) in [6.45, 7) is -0.274. The lowest BCUT2D eigenvalue weighted by molar-refractivity contribution is 0.651. The van der Waals surface area contributed by atoms with E-state index in [2.05, 4.69) is 41.3 Å². The first-order chi connectivity index (χ1) is 22.5. The Bertz CT molecular complexity index is 2300. The first-order valence-electron chi connectivity index (χ1n) is 16.4. The molecule has 0 amide bonds. The van der Waals surface area contributed by atoms with Crippen LogP contribution in [0, 0.1) is 11.3 Å². The molecule has 5 heteroatoms. The van der Waals surface area contributed by atoms with Crippen LogP contribution in [0.15, 0.2) is 114 Å². The van der Waals surface area contributed by atoms with E-state index in [1.165, 1.54) is 17.5 Å². The zero-order valence-electron chi connectivity index (χ0n) is 26.7. The third-order valence-corrected chi connectivity index (χ3v) is 8.96. The molecule has 0 saturated carbocycles. The number of anilines is 6. The predicted molar refractivity (Wildman–Crippen MR) is 172 cm³/mol. The highest BCUT2D eigenvalue weighted by Gasteiger charge is 2.46. The molecule has 42 heavy (non-hydrogen) atoms. The van der Waals surface area contributed by atoms with E-state index in [0.29, 0.717) is 0 Å². The molecule has 4 nitrogen and oxygen atoms in total. The summed E-state index contributed by atoms with van der Waals surface area (Å²) in [7, 11) is 0. The van der Waals surface area contributed by atoms with Crippen LogP contribution in [0.25, 0.3) is 11.0 Å². The van der Waals surface area contributed by atoms with Gasteiger partial charge in [0.15, 0.2) is 0 Å². The predicted octanol–water partition coefficient (Wildman–Crippen LogP) is 7.27. The summed E-state index contributed by atoms with van der Waals surface area (Å²) in [5.41, 5.74) is 10.8. The van der Waals surface area contributed by atoms with Crippen molar-refractivity contribution in [3.8, 4) is 6.07 Å². The highest BCUT2D eigenvalue weighted by Crippen LogP contribution is 2.47. The Morgan fingerprint density at radius 3 is 2.33 bits per heavy atom. The summed E-state index contributed by atoms with van der Waals surface area (Å²) in [6.07, 6.45) is 4.36. The van der Waals surface area contributed by atoms with E-state index in [1.807, 2.05) is 59.5 Å². The van der Waals surface area contributed by atoms with Crippen molar-refractivity contribution in [2.75, 3.05) is 9.80 Å². The van der Waals surface area contributed by atoms with Gasteiger partial charge in [0.1, 0.15) is 5.58 Å². The topological polar surface area (TPSA) is 43.4 Å². The molecule has 5 aromatic carbocycles. The van der Waals surface area contributed by atoms with Crippen molar-refractivity contribution >= 4 is 68.4 Å². The molecule has 0 spiro atoms. The minimum atomic E-state index is -0.347. The normalized spacial score (nSPS) is 15.9. The van der Waals surface area contributed by atoms with E-state index < -0.39 is 0 Å². The Hall–Kier alpha value is -5.21. The maximum Gasteiger partial charge on any atom is 0.297 e. The molecule has 0 bridgehead atoms. The Labute approximate surface area is 250 Å². The largest absolute Gasteiger partial charge is 0.468 e. The Balaban J connectivity index is 1.40. The van der Waals surface area contributed by atoms with E-state index in [0.717, 1.165) is 75.3 Å². The molecule has 9 rings (SSSR count). The van der Waals surface area contributed by atoms with Crippen LogP contribution in [0.3, 0.4) is 0 Å². The molecule has 0 radical (unpaired) electrons. The number of furan rings is 1. The van der Waals surface area contributed by atoms with Crippen LogP contribution in [0.2, 0.25) is 0 Å². The average molecular weight is 543 g/mol. The second-order valence-corrected chi connectivity index (χ2v) is 11.1. The average Bonchev–Trinajstić information content (AvgIpc) is 3.48. The van der Waals surface area contributed by atoms with Gasteiger partial charge in [-0.1, -0.05) is 48.5 Å². The number of rotatable bonds is 2. The first kappa shape index (κ1) is 19.8.